The van der Waals surface area contributed by atoms with Gasteiger partial charge in [-0.1, -0.05) is 0 Å². The molecule has 1 rings (SSSR count). The molecule has 1 atom stereocenters. The molecule has 17 heavy (non-hydrogen) atoms. The Hall–Kier alpha value is -1.10. The number of hydrogen-bond donors (Lipinski definition) is 2. The fraction of sp³-hybridized carbons (Fsp3) is 0.833. The first-order valence-electron chi connectivity index (χ1n) is 6.03. The molecular formula is C12H22N2O3. The lowest BCUT2D eigenvalue weighted by Gasteiger charge is -2.22. The van der Waals surface area contributed by atoms with E-state index in [1.165, 1.54) is 0 Å². The largest absolute Gasteiger partial charge is 0.481 e. The normalized spacial score (nSPS) is 21.5. The first kappa shape index (κ1) is 14.0. The van der Waals surface area contributed by atoms with Crippen molar-refractivity contribution < 1.29 is 14.7 Å². The third-order valence-electron chi connectivity index (χ3n) is 3.39. The van der Waals surface area contributed by atoms with Gasteiger partial charge in [0.25, 0.3) is 0 Å². The zero-order chi connectivity index (χ0) is 13.1. The van der Waals surface area contributed by atoms with Crippen LogP contribution in [0.4, 0.5) is 0 Å². The van der Waals surface area contributed by atoms with Gasteiger partial charge in [-0.2, -0.15) is 0 Å². The number of nitrogens with zero attached hydrogens (tertiary/aromatic N) is 1. The second-order valence-corrected chi connectivity index (χ2v) is 5.45. The van der Waals surface area contributed by atoms with Crippen molar-refractivity contribution >= 4 is 11.9 Å². The fourth-order valence-corrected chi connectivity index (χ4v) is 2.01. The minimum Gasteiger partial charge on any atom is -0.481 e. The van der Waals surface area contributed by atoms with E-state index in [2.05, 4.69) is 10.2 Å². The van der Waals surface area contributed by atoms with Crippen LogP contribution in [0.5, 0.6) is 0 Å². The van der Waals surface area contributed by atoms with E-state index >= 15 is 0 Å². The molecular weight excluding hydrogens is 220 g/mol. The number of hydrogen-bond acceptors (Lipinski definition) is 3. The van der Waals surface area contributed by atoms with Gasteiger partial charge in [-0.05, 0) is 40.3 Å². The maximum Gasteiger partial charge on any atom is 0.309 e. The van der Waals surface area contributed by atoms with Crippen LogP contribution in [0.3, 0.4) is 0 Å². The molecule has 1 aliphatic heterocycles. The van der Waals surface area contributed by atoms with Crippen molar-refractivity contribution in [3.63, 3.8) is 0 Å². The molecule has 1 heterocycles. The molecule has 1 fully saturated rings. The maximum atomic E-state index is 11.6. The van der Waals surface area contributed by atoms with Crippen LogP contribution in [-0.2, 0) is 9.59 Å². The molecule has 0 spiro atoms. The SMILES string of the molecule is CN1CCCC1CNC(=O)CC(C)(C)C(=O)O. The average molecular weight is 242 g/mol. The Balaban J connectivity index is 2.33. The highest BCUT2D eigenvalue weighted by Gasteiger charge is 2.30. The number of amides is 1. The summed E-state index contributed by atoms with van der Waals surface area (Å²) in [5, 5.41) is 11.7. The molecule has 0 bridgehead atoms. The van der Waals surface area contributed by atoms with Gasteiger partial charge in [0.1, 0.15) is 0 Å². The molecule has 1 unspecified atom stereocenters. The zero-order valence-corrected chi connectivity index (χ0v) is 10.8. The van der Waals surface area contributed by atoms with Crippen LogP contribution in [0.15, 0.2) is 0 Å². The summed E-state index contributed by atoms with van der Waals surface area (Å²) in [5.41, 5.74) is -0.994. The number of aliphatic carboxylic acids is 1. The highest BCUT2D eigenvalue weighted by molar-refractivity contribution is 5.84. The van der Waals surface area contributed by atoms with Crippen molar-refractivity contribution in [1.29, 1.82) is 0 Å². The first-order chi connectivity index (χ1) is 7.83. The number of carboxylic acids is 1. The van der Waals surface area contributed by atoms with Gasteiger partial charge in [0.15, 0.2) is 0 Å². The lowest BCUT2D eigenvalue weighted by Crippen LogP contribution is -2.40. The van der Waals surface area contributed by atoms with E-state index in [1.54, 1.807) is 13.8 Å². The summed E-state index contributed by atoms with van der Waals surface area (Å²) >= 11 is 0. The minimum absolute atomic E-state index is 0.0266. The Morgan fingerprint density at radius 2 is 2.12 bits per heavy atom. The Bertz CT molecular complexity index is 302. The maximum absolute atomic E-state index is 11.6. The Morgan fingerprint density at radius 1 is 1.47 bits per heavy atom. The van der Waals surface area contributed by atoms with Gasteiger partial charge in [0.05, 0.1) is 5.41 Å². The number of carbonyl (C=O) groups is 2. The third kappa shape index (κ3) is 4.00. The van der Waals surface area contributed by atoms with E-state index in [0.29, 0.717) is 12.6 Å². The second kappa shape index (κ2) is 5.49. The Labute approximate surface area is 102 Å². The van der Waals surface area contributed by atoms with Gasteiger partial charge in [-0.3, -0.25) is 9.59 Å². The molecule has 1 amide bonds. The zero-order valence-electron chi connectivity index (χ0n) is 10.8. The van der Waals surface area contributed by atoms with Crippen LogP contribution in [0.2, 0.25) is 0 Å². The summed E-state index contributed by atoms with van der Waals surface area (Å²) < 4.78 is 0. The monoisotopic (exact) mass is 242 g/mol. The van der Waals surface area contributed by atoms with Crippen molar-refractivity contribution in [2.24, 2.45) is 5.41 Å². The van der Waals surface area contributed by atoms with Gasteiger partial charge in [-0.25, -0.2) is 0 Å². The van der Waals surface area contributed by atoms with Gasteiger partial charge >= 0.3 is 5.97 Å². The Kier molecular flexibility index (Phi) is 4.51. The molecule has 0 saturated carbocycles. The molecule has 0 aromatic heterocycles. The minimum atomic E-state index is -0.994. The highest BCUT2D eigenvalue weighted by Crippen LogP contribution is 2.20. The van der Waals surface area contributed by atoms with Crippen LogP contribution in [0.25, 0.3) is 0 Å². The topological polar surface area (TPSA) is 69.6 Å². The molecule has 1 aliphatic rings. The lowest BCUT2D eigenvalue weighted by molar-refractivity contribution is -0.149. The molecule has 0 radical (unpaired) electrons. The standard InChI is InChI=1S/C12H22N2O3/c1-12(2,11(16)17)7-10(15)13-8-9-5-4-6-14(9)3/h9H,4-8H2,1-3H3,(H,13,15)(H,16,17). The van der Waals surface area contributed by atoms with Gasteiger partial charge < -0.3 is 15.3 Å². The summed E-state index contributed by atoms with van der Waals surface area (Å²) in [6.07, 6.45) is 2.29. The van der Waals surface area contributed by atoms with Gasteiger partial charge in [0, 0.05) is 19.0 Å². The number of nitrogens with one attached hydrogen (secondary N) is 1. The summed E-state index contributed by atoms with van der Waals surface area (Å²) in [7, 11) is 2.05. The molecule has 0 aromatic rings. The number of likely N-dealkylation sites (N-methyl/N-ethyl adjacent to an activating group) is 1. The van der Waals surface area contributed by atoms with Crippen molar-refractivity contribution in [1.82, 2.24) is 10.2 Å². The van der Waals surface area contributed by atoms with Gasteiger partial charge in [0.2, 0.25) is 5.91 Å². The van der Waals surface area contributed by atoms with Crippen molar-refractivity contribution in [3.8, 4) is 0 Å². The van der Waals surface area contributed by atoms with Crippen LogP contribution < -0.4 is 5.32 Å². The number of likely N-dealkylation sites (tertiary alicyclic amines) is 1. The van der Waals surface area contributed by atoms with Gasteiger partial charge in [-0.15, -0.1) is 0 Å². The summed E-state index contributed by atoms with van der Waals surface area (Å²) in [5.74, 6) is -1.12. The first-order valence-corrected chi connectivity index (χ1v) is 6.03. The third-order valence-corrected chi connectivity index (χ3v) is 3.39. The van der Waals surface area contributed by atoms with Crippen molar-refractivity contribution in [2.45, 2.75) is 39.2 Å². The van der Waals surface area contributed by atoms with Crippen LogP contribution in [0, 0.1) is 5.41 Å². The predicted molar refractivity (Wildman–Crippen MR) is 64.7 cm³/mol. The molecule has 1 saturated heterocycles. The molecule has 0 aliphatic carbocycles. The quantitative estimate of drug-likeness (QED) is 0.744. The van der Waals surface area contributed by atoms with E-state index in [-0.39, 0.29) is 12.3 Å². The highest BCUT2D eigenvalue weighted by atomic mass is 16.4. The number of carbonyl (C=O) groups excluding carboxylic acids is 1. The second-order valence-electron chi connectivity index (χ2n) is 5.45. The van der Waals surface area contributed by atoms with Crippen LogP contribution in [0.1, 0.15) is 33.1 Å². The molecule has 2 N–H and O–H groups in total. The van der Waals surface area contributed by atoms with E-state index in [4.69, 9.17) is 5.11 Å². The summed E-state index contributed by atoms with van der Waals surface area (Å²) in [6.45, 7) is 4.82. The van der Waals surface area contributed by atoms with Crippen LogP contribution >= 0.6 is 0 Å². The predicted octanol–water partition coefficient (Wildman–Crippen LogP) is 0.698. The van der Waals surface area contributed by atoms with E-state index in [0.717, 1.165) is 19.4 Å². The smallest absolute Gasteiger partial charge is 0.309 e. The number of rotatable bonds is 5. The average Bonchev–Trinajstić information content (AvgIpc) is 2.60. The summed E-state index contributed by atoms with van der Waals surface area (Å²) in [6, 6.07) is 0.395. The lowest BCUT2D eigenvalue weighted by atomic mass is 9.89. The van der Waals surface area contributed by atoms with Crippen molar-refractivity contribution in [3.05, 3.63) is 0 Å². The molecule has 98 valence electrons. The fourth-order valence-electron chi connectivity index (χ4n) is 2.01. The number of carboxylic acid groups (broad SMARTS) is 1. The van der Waals surface area contributed by atoms with Crippen molar-refractivity contribution in [2.75, 3.05) is 20.1 Å². The van der Waals surface area contributed by atoms with Crippen LogP contribution in [-0.4, -0.2) is 48.1 Å². The van der Waals surface area contributed by atoms with E-state index < -0.39 is 11.4 Å². The summed E-state index contributed by atoms with van der Waals surface area (Å²) in [4.78, 5) is 24.7. The molecule has 0 aromatic carbocycles. The van der Waals surface area contributed by atoms with E-state index in [9.17, 15) is 9.59 Å². The molecule has 5 nitrogen and oxygen atoms in total. The Morgan fingerprint density at radius 3 is 2.59 bits per heavy atom. The van der Waals surface area contributed by atoms with E-state index in [1.807, 2.05) is 7.05 Å². The molecule has 5 heteroatoms.